The van der Waals surface area contributed by atoms with Crippen molar-refractivity contribution in [1.82, 2.24) is 15.0 Å². The number of furan rings is 1. The van der Waals surface area contributed by atoms with Gasteiger partial charge in [0.1, 0.15) is 11.2 Å². The first-order valence-corrected chi connectivity index (χ1v) is 12.3. The lowest BCUT2D eigenvalue weighted by Crippen LogP contribution is -1.95. The normalized spacial score (nSPS) is 11.8. The zero-order valence-electron chi connectivity index (χ0n) is 19.7. The minimum absolute atomic E-state index is 0.644. The monoisotopic (exact) mass is 473 g/mol. The summed E-state index contributed by atoms with van der Waals surface area (Å²) in [4.78, 5) is 15.0. The van der Waals surface area contributed by atoms with Crippen molar-refractivity contribution in [3.8, 4) is 11.4 Å². The van der Waals surface area contributed by atoms with Gasteiger partial charge in [-0.05, 0) is 34.4 Å². The fourth-order valence-corrected chi connectivity index (χ4v) is 5.36. The Hall–Kier alpha value is -5.09. The van der Waals surface area contributed by atoms with Crippen molar-refractivity contribution in [3.05, 3.63) is 115 Å². The molecule has 0 atom stereocenters. The molecule has 0 unspecified atom stereocenters. The summed E-state index contributed by atoms with van der Waals surface area (Å²) in [5.41, 5.74) is 4.01. The Kier molecular flexibility index (Phi) is 4.19. The van der Waals surface area contributed by atoms with Gasteiger partial charge in [-0.15, -0.1) is 0 Å². The van der Waals surface area contributed by atoms with Crippen LogP contribution in [-0.4, -0.2) is 15.0 Å². The summed E-state index contributed by atoms with van der Waals surface area (Å²) < 4.78 is 6.47. The van der Waals surface area contributed by atoms with Crippen LogP contribution >= 0.6 is 0 Å². The molecule has 5 aromatic carbocycles. The lowest BCUT2D eigenvalue weighted by Gasteiger charge is -2.07. The molecule has 4 heteroatoms. The van der Waals surface area contributed by atoms with Gasteiger partial charge >= 0.3 is 0 Å². The Morgan fingerprint density at radius 1 is 0.432 bits per heavy atom. The van der Waals surface area contributed by atoms with E-state index in [1.165, 1.54) is 0 Å². The largest absolute Gasteiger partial charge is 0.455 e. The Labute approximate surface area is 211 Å². The Morgan fingerprint density at radius 2 is 0.973 bits per heavy atom. The smallest absolute Gasteiger partial charge is 0.164 e. The Bertz CT molecular complexity index is 2200. The molecule has 3 heterocycles. The number of benzene rings is 5. The third kappa shape index (κ3) is 3.06. The highest BCUT2D eigenvalue weighted by atomic mass is 16.3. The molecular weight excluding hydrogens is 454 g/mol. The van der Waals surface area contributed by atoms with Crippen LogP contribution in [0.3, 0.4) is 0 Å². The molecule has 0 aliphatic carbocycles. The third-order valence-corrected chi connectivity index (χ3v) is 7.08. The number of hydrogen-bond donors (Lipinski definition) is 0. The number of fused-ring (bicyclic) bond motifs is 14. The van der Waals surface area contributed by atoms with Crippen LogP contribution in [0.2, 0.25) is 0 Å². The summed E-state index contributed by atoms with van der Waals surface area (Å²) in [7, 11) is 0. The van der Waals surface area contributed by atoms with Gasteiger partial charge in [0, 0.05) is 32.5 Å². The van der Waals surface area contributed by atoms with Gasteiger partial charge in [-0.1, -0.05) is 97.1 Å². The van der Waals surface area contributed by atoms with Gasteiger partial charge in [-0.3, -0.25) is 0 Å². The standard InChI is InChI=1S/C33H19N3O/c1-2-10-20(11-3-1)31-34-32-25-15-6-4-12-22(25)21-18-27(23-13-5-7-16-26(23)33(35-31)36-32)30-28(19-21)24-14-8-9-17-29(24)37-30/h1-19H. The maximum Gasteiger partial charge on any atom is 0.164 e. The van der Waals surface area contributed by atoms with Crippen LogP contribution in [0.25, 0.3) is 76.9 Å². The summed E-state index contributed by atoms with van der Waals surface area (Å²) in [6.07, 6.45) is 0. The molecule has 0 N–H and O–H groups in total. The van der Waals surface area contributed by atoms with Crippen molar-refractivity contribution in [2.45, 2.75) is 0 Å². The molecule has 0 aliphatic rings. The van der Waals surface area contributed by atoms with Gasteiger partial charge in [0.15, 0.2) is 17.1 Å². The third-order valence-electron chi connectivity index (χ3n) is 7.08. The molecule has 8 aromatic rings. The van der Waals surface area contributed by atoms with Crippen molar-refractivity contribution in [1.29, 1.82) is 0 Å². The molecule has 8 rings (SSSR count). The molecule has 0 radical (unpaired) electrons. The number of rotatable bonds is 1. The number of aromatic nitrogens is 3. The van der Waals surface area contributed by atoms with E-state index in [9.17, 15) is 0 Å². The predicted octanol–water partition coefficient (Wildman–Crippen LogP) is 8.61. The summed E-state index contributed by atoms with van der Waals surface area (Å²) in [5.74, 6) is 0.656. The molecule has 0 fully saturated rings. The minimum Gasteiger partial charge on any atom is -0.455 e. The molecule has 0 amide bonds. The number of nitrogens with zero attached hydrogens (tertiary/aromatic N) is 3. The van der Waals surface area contributed by atoms with E-state index in [-0.39, 0.29) is 0 Å². The fourth-order valence-electron chi connectivity index (χ4n) is 5.36. The van der Waals surface area contributed by atoms with E-state index in [0.717, 1.165) is 59.8 Å². The van der Waals surface area contributed by atoms with Crippen molar-refractivity contribution in [2.24, 2.45) is 0 Å². The van der Waals surface area contributed by atoms with Crippen molar-refractivity contribution in [3.63, 3.8) is 0 Å². The zero-order chi connectivity index (χ0) is 24.3. The highest BCUT2D eigenvalue weighted by Gasteiger charge is 2.14. The summed E-state index contributed by atoms with van der Waals surface area (Å²) in [6.45, 7) is 0. The fraction of sp³-hybridized carbons (Fsp3) is 0. The number of para-hydroxylation sites is 1. The molecular formula is C33H19N3O. The van der Waals surface area contributed by atoms with Crippen LogP contribution < -0.4 is 0 Å². The van der Waals surface area contributed by atoms with Crippen LogP contribution in [0, 0.1) is 0 Å². The van der Waals surface area contributed by atoms with Gasteiger partial charge in [0.25, 0.3) is 0 Å². The second-order valence-electron chi connectivity index (χ2n) is 9.26. The first-order valence-electron chi connectivity index (χ1n) is 12.3. The highest BCUT2D eigenvalue weighted by molar-refractivity contribution is 6.22. The van der Waals surface area contributed by atoms with E-state index in [2.05, 4.69) is 60.7 Å². The van der Waals surface area contributed by atoms with Gasteiger partial charge in [0.2, 0.25) is 0 Å². The average Bonchev–Trinajstić information content (AvgIpc) is 3.35. The van der Waals surface area contributed by atoms with E-state index < -0.39 is 0 Å². The quantitative estimate of drug-likeness (QED) is 0.239. The number of hydrogen-bond acceptors (Lipinski definition) is 4. The topological polar surface area (TPSA) is 51.8 Å². The highest BCUT2D eigenvalue weighted by Crippen LogP contribution is 2.37. The molecule has 4 nitrogen and oxygen atoms in total. The van der Waals surface area contributed by atoms with E-state index in [1.54, 1.807) is 0 Å². The van der Waals surface area contributed by atoms with Crippen LogP contribution in [0.4, 0.5) is 0 Å². The lowest BCUT2D eigenvalue weighted by molar-refractivity contribution is 0.673. The molecule has 172 valence electrons. The summed E-state index contributed by atoms with van der Waals surface area (Å²) in [6, 6.07) is 39.4. The maximum atomic E-state index is 6.47. The summed E-state index contributed by atoms with van der Waals surface area (Å²) in [5, 5.41) is 8.35. The minimum atomic E-state index is 0.644. The first-order chi connectivity index (χ1) is 18.3. The SMILES string of the molecule is c1ccc(-c2nc3nc(n2)c2ccccc2c2cc(cc4c5ccccc5oc42)c2ccccc32)cc1. The van der Waals surface area contributed by atoms with Gasteiger partial charge in [0.05, 0.1) is 0 Å². The molecule has 3 aromatic heterocycles. The average molecular weight is 474 g/mol. The van der Waals surface area contributed by atoms with Crippen LogP contribution in [0.15, 0.2) is 120 Å². The maximum absolute atomic E-state index is 6.47. The van der Waals surface area contributed by atoms with Crippen LogP contribution in [0.1, 0.15) is 0 Å². The van der Waals surface area contributed by atoms with Crippen LogP contribution in [0.5, 0.6) is 0 Å². The van der Waals surface area contributed by atoms with Gasteiger partial charge in [-0.25, -0.2) is 15.0 Å². The molecule has 0 spiro atoms. The second-order valence-corrected chi connectivity index (χ2v) is 9.26. The van der Waals surface area contributed by atoms with Crippen LogP contribution in [-0.2, 0) is 0 Å². The first kappa shape index (κ1) is 20.1. The van der Waals surface area contributed by atoms with Gasteiger partial charge < -0.3 is 4.42 Å². The molecule has 0 saturated carbocycles. The van der Waals surface area contributed by atoms with Crippen molar-refractivity contribution < 1.29 is 4.42 Å². The molecule has 4 bridgehead atoms. The van der Waals surface area contributed by atoms with E-state index >= 15 is 0 Å². The van der Waals surface area contributed by atoms with E-state index in [1.807, 2.05) is 54.6 Å². The van der Waals surface area contributed by atoms with Crippen molar-refractivity contribution in [2.75, 3.05) is 0 Å². The van der Waals surface area contributed by atoms with Gasteiger partial charge in [-0.2, -0.15) is 0 Å². The zero-order valence-corrected chi connectivity index (χ0v) is 19.7. The molecule has 0 saturated heterocycles. The van der Waals surface area contributed by atoms with Crippen molar-refractivity contribution >= 4 is 65.6 Å². The summed E-state index contributed by atoms with van der Waals surface area (Å²) >= 11 is 0. The van der Waals surface area contributed by atoms with E-state index in [0.29, 0.717) is 17.1 Å². The lowest BCUT2D eigenvalue weighted by atomic mass is 10.0. The molecule has 0 aliphatic heterocycles. The van der Waals surface area contributed by atoms with E-state index in [4.69, 9.17) is 19.4 Å². The Balaban J connectivity index is 1.71. The predicted molar refractivity (Wildman–Crippen MR) is 151 cm³/mol. The Morgan fingerprint density at radius 3 is 1.70 bits per heavy atom. The molecule has 37 heavy (non-hydrogen) atoms. The second kappa shape index (κ2) is 7.70.